The normalized spacial score (nSPS) is 14.5. The van der Waals surface area contributed by atoms with Gasteiger partial charge in [-0.2, -0.15) is 0 Å². The van der Waals surface area contributed by atoms with Gasteiger partial charge in [0.25, 0.3) is 0 Å². The quantitative estimate of drug-likeness (QED) is 0.0243. The minimum atomic E-state index is -4.31. The third-order valence-corrected chi connectivity index (χ3v) is 13.3. The van der Waals surface area contributed by atoms with E-state index in [1.54, 1.807) is 0 Å². The zero-order valence-corrected chi connectivity index (χ0v) is 44.8. The van der Waals surface area contributed by atoms with Crippen molar-refractivity contribution < 1.29 is 32.9 Å². The van der Waals surface area contributed by atoms with Crippen LogP contribution >= 0.6 is 7.82 Å². The topological polar surface area (TPSA) is 105 Å². The maximum absolute atomic E-state index is 12.9. The number of unbranched alkanes of at least 4 members (excludes halogenated alkanes) is 27. The Morgan fingerprint density at radius 3 is 1.33 bits per heavy atom. The zero-order valence-electron chi connectivity index (χ0n) is 43.9. The van der Waals surface area contributed by atoms with Gasteiger partial charge in [-0.15, -0.1) is 0 Å². The van der Waals surface area contributed by atoms with Crippen LogP contribution in [0.15, 0.2) is 60.8 Å². The predicted octanol–water partition coefficient (Wildman–Crippen LogP) is 16.5. The van der Waals surface area contributed by atoms with Crippen LogP contribution in [0.2, 0.25) is 0 Å². The number of aliphatic hydroxyl groups is 1. The van der Waals surface area contributed by atoms with Crippen LogP contribution in [-0.2, 0) is 18.4 Å². The molecule has 386 valence electrons. The van der Waals surface area contributed by atoms with Gasteiger partial charge in [-0.25, -0.2) is 4.57 Å². The van der Waals surface area contributed by atoms with E-state index in [-0.39, 0.29) is 19.1 Å². The van der Waals surface area contributed by atoms with Crippen molar-refractivity contribution in [1.29, 1.82) is 0 Å². The van der Waals surface area contributed by atoms with E-state index in [9.17, 15) is 19.4 Å². The number of phosphoric acid groups is 1. The number of hydrogen-bond acceptors (Lipinski definition) is 5. The lowest BCUT2D eigenvalue weighted by Gasteiger charge is -2.26. The van der Waals surface area contributed by atoms with Crippen LogP contribution in [0.1, 0.15) is 245 Å². The second kappa shape index (κ2) is 48.2. The number of carbonyl (C=O) groups excluding carboxylic acids is 1. The second-order valence-electron chi connectivity index (χ2n) is 19.9. The lowest BCUT2D eigenvalue weighted by Crippen LogP contribution is -2.46. The molecule has 66 heavy (non-hydrogen) atoms. The predicted molar refractivity (Wildman–Crippen MR) is 286 cm³/mol. The Labute approximate surface area is 409 Å². The zero-order chi connectivity index (χ0) is 48.5. The summed E-state index contributed by atoms with van der Waals surface area (Å²) in [5, 5.41) is 13.9. The van der Waals surface area contributed by atoms with Crippen molar-refractivity contribution in [3.63, 3.8) is 0 Å². The van der Waals surface area contributed by atoms with Gasteiger partial charge in [-0.05, 0) is 57.8 Å². The molecule has 0 spiro atoms. The first-order valence-electron chi connectivity index (χ1n) is 27.7. The van der Waals surface area contributed by atoms with Crippen LogP contribution in [-0.4, -0.2) is 73.4 Å². The molecular formula is C57H108N2O6P+. The first kappa shape index (κ1) is 64.2. The third kappa shape index (κ3) is 50.1. The molecule has 3 unspecified atom stereocenters. The van der Waals surface area contributed by atoms with Crippen molar-refractivity contribution >= 4 is 13.7 Å². The Bertz CT molecular complexity index is 1260. The van der Waals surface area contributed by atoms with Crippen LogP contribution in [0.5, 0.6) is 0 Å². The van der Waals surface area contributed by atoms with E-state index in [2.05, 4.69) is 79.9 Å². The Morgan fingerprint density at radius 2 is 0.909 bits per heavy atom. The molecule has 0 radical (unpaired) electrons. The van der Waals surface area contributed by atoms with Crippen molar-refractivity contribution in [3.05, 3.63) is 60.8 Å². The first-order valence-corrected chi connectivity index (χ1v) is 29.1. The molecule has 0 aromatic heterocycles. The molecule has 0 heterocycles. The Balaban J connectivity index is 3.80. The van der Waals surface area contributed by atoms with E-state index >= 15 is 0 Å². The van der Waals surface area contributed by atoms with Crippen LogP contribution in [0, 0.1) is 0 Å². The highest BCUT2D eigenvalue weighted by Crippen LogP contribution is 2.43. The lowest BCUT2D eigenvalue weighted by atomic mass is 10.0. The van der Waals surface area contributed by atoms with Gasteiger partial charge in [-0.1, -0.05) is 242 Å². The van der Waals surface area contributed by atoms with Gasteiger partial charge in [0, 0.05) is 6.42 Å². The highest BCUT2D eigenvalue weighted by molar-refractivity contribution is 7.47. The molecule has 3 atom stereocenters. The van der Waals surface area contributed by atoms with Crippen LogP contribution in [0.4, 0.5) is 0 Å². The fourth-order valence-electron chi connectivity index (χ4n) is 7.96. The summed E-state index contributed by atoms with van der Waals surface area (Å²) in [5.41, 5.74) is 0. The highest BCUT2D eigenvalue weighted by Gasteiger charge is 2.28. The van der Waals surface area contributed by atoms with E-state index in [1.807, 2.05) is 21.1 Å². The van der Waals surface area contributed by atoms with Gasteiger partial charge in [0.2, 0.25) is 5.91 Å². The summed E-state index contributed by atoms with van der Waals surface area (Å²) in [6.45, 7) is 4.73. The standard InChI is InChI=1S/C57H107N2O6P/c1-6-8-10-12-14-15-16-17-18-19-20-21-22-23-24-25-26-27-28-29-30-31-32-33-34-35-36-37-38-39-40-41-42-43-45-47-49-51-57(61)58-55(56(60)50-48-46-44-13-11-9-7-2)54-65-66(62,63)64-53-52-59(3,4)5/h8,10,14-15,17-18,20-21,23-24,55-56,60H,6-7,9,11-13,16,19,22,25-54H2,1-5H3,(H-,58,61,62,63)/p+1/b10-8-,15-14-,18-17-,21-20-,24-23-. The van der Waals surface area contributed by atoms with Crippen LogP contribution in [0.3, 0.4) is 0 Å². The molecule has 0 aliphatic carbocycles. The summed E-state index contributed by atoms with van der Waals surface area (Å²) in [5.74, 6) is -0.147. The van der Waals surface area contributed by atoms with Gasteiger partial charge in [0.1, 0.15) is 13.2 Å². The lowest BCUT2D eigenvalue weighted by molar-refractivity contribution is -0.870. The monoisotopic (exact) mass is 948 g/mol. The summed E-state index contributed by atoms with van der Waals surface area (Å²) in [6, 6.07) is -0.757. The van der Waals surface area contributed by atoms with E-state index in [0.29, 0.717) is 23.9 Å². The molecule has 0 aromatic rings. The van der Waals surface area contributed by atoms with Gasteiger partial charge in [0.15, 0.2) is 0 Å². The number of nitrogens with zero attached hydrogens (tertiary/aromatic N) is 1. The number of aliphatic hydroxyl groups excluding tert-OH is 1. The fourth-order valence-corrected chi connectivity index (χ4v) is 8.69. The number of amides is 1. The van der Waals surface area contributed by atoms with E-state index in [4.69, 9.17) is 9.05 Å². The minimum Gasteiger partial charge on any atom is -0.391 e. The molecule has 0 saturated heterocycles. The summed E-state index contributed by atoms with van der Waals surface area (Å²) >= 11 is 0. The third-order valence-electron chi connectivity index (χ3n) is 12.3. The molecule has 0 aliphatic rings. The maximum atomic E-state index is 12.9. The number of likely N-dealkylation sites (N-methyl/N-ethyl adjacent to an activating group) is 1. The Kier molecular flexibility index (Phi) is 46.9. The van der Waals surface area contributed by atoms with Crippen LogP contribution < -0.4 is 5.32 Å². The molecule has 0 rings (SSSR count). The molecule has 9 heteroatoms. The Morgan fingerprint density at radius 1 is 0.530 bits per heavy atom. The number of carbonyl (C=O) groups is 1. The molecule has 0 saturated carbocycles. The summed E-state index contributed by atoms with van der Waals surface area (Å²) < 4.78 is 23.6. The molecule has 8 nitrogen and oxygen atoms in total. The molecule has 3 N–H and O–H groups in total. The van der Waals surface area contributed by atoms with Gasteiger partial charge < -0.3 is 19.8 Å². The number of hydrogen-bond donors (Lipinski definition) is 3. The number of phosphoric ester groups is 1. The fraction of sp³-hybridized carbons (Fsp3) is 0.807. The van der Waals surface area contributed by atoms with Gasteiger partial charge in [0.05, 0.1) is 39.9 Å². The van der Waals surface area contributed by atoms with E-state index in [1.165, 1.54) is 148 Å². The number of rotatable bonds is 50. The first-order chi connectivity index (χ1) is 32.0. The summed E-state index contributed by atoms with van der Waals surface area (Å²) in [4.78, 5) is 23.1. The van der Waals surface area contributed by atoms with Gasteiger partial charge >= 0.3 is 7.82 Å². The summed E-state index contributed by atoms with van der Waals surface area (Å²) in [7, 11) is 1.62. The molecule has 0 bridgehead atoms. The largest absolute Gasteiger partial charge is 0.472 e. The maximum Gasteiger partial charge on any atom is 0.472 e. The number of allylic oxidation sites excluding steroid dienone is 10. The average Bonchev–Trinajstić information content (AvgIpc) is 3.28. The van der Waals surface area contributed by atoms with Crippen molar-refractivity contribution in [3.8, 4) is 0 Å². The molecule has 1 amide bonds. The second-order valence-corrected chi connectivity index (χ2v) is 21.4. The average molecular weight is 948 g/mol. The summed E-state index contributed by atoms with van der Waals surface area (Å²) in [6.07, 6.45) is 64.6. The van der Waals surface area contributed by atoms with Crippen LogP contribution in [0.25, 0.3) is 0 Å². The minimum absolute atomic E-state index is 0.0745. The van der Waals surface area contributed by atoms with E-state index < -0.39 is 20.0 Å². The molecule has 0 aliphatic heterocycles. The number of quaternary nitrogens is 1. The van der Waals surface area contributed by atoms with Crippen molar-refractivity contribution in [2.24, 2.45) is 0 Å². The van der Waals surface area contributed by atoms with Crippen molar-refractivity contribution in [2.45, 2.75) is 257 Å². The highest BCUT2D eigenvalue weighted by atomic mass is 31.2. The Hall–Kier alpha value is -1.80. The molecular weight excluding hydrogens is 840 g/mol. The van der Waals surface area contributed by atoms with Crippen molar-refractivity contribution in [2.75, 3.05) is 40.9 Å². The smallest absolute Gasteiger partial charge is 0.391 e. The number of nitrogens with one attached hydrogen (secondary N) is 1. The van der Waals surface area contributed by atoms with Crippen molar-refractivity contribution in [1.82, 2.24) is 5.32 Å². The van der Waals surface area contributed by atoms with Gasteiger partial charge in [-0.3, -0.25) is 13.8 Å². The SMILES string of the molecule is CC/C=C\C/C=C\C/C=C\C/C=C\C/C=C\CCCCCCCCCCCCCCCCCCCCCCCC(=O)NC(COP(=O)(O)OCC[N+](C)(C)C)C(O)CCCCCCCCC. The molecule has 0 aromatic carbocycles. The molecule has 0 fully saturated rings. The van der Waals surface area contributed by atoms with E-state index in [0.717, 1.165) is 70.6 Å².